The van der Waals surface area contributed by atoms with Gasteiger partial charge in [-0.2, -0.15) is 0 Å². The summed E-state index contributed by atoms with van der Waals surface area (Å²) < 4.78 is 6.00. The Bertz CT molecular complexity index is 1070. The van der Waals surface area contributed by atoms with Crippen molar-refractivity contribution in [3.05, 3.63) is 58.4 Å². The number of carbonyl (C=O) groups is 2. The molecule has 0 saturated heterocycles. The molecule has 0 unspecified atom stereocenters. The number of thioether (sulfide) groups is 1. The summed E-state index contributed by atoms with van der Waals surface area (Å²) >= 11 is 7.85. The number of fused-ring (bicyclic) bond motifs is 2. The Morgan fingerprint density at radius 1 is 1.07 bits per heavy atom. The van der Waals surface area contributed by atoms with E-state index in [-0.39, 0.29) is 17.2 Å². The number of amides is 2. The molecule has 0 saturated carbocycles. The van der Waals surface area contributed by atoms with Crippen LogP contribution >= 0.6 is 23.4 Å². The number of hydrogen-bond acceptors (Lipinski definition) is 5. The number of benzene rings is 2. The van der Waals surface area contributed by atoms with Crippen molar-refractivity contribution >= 4 is 46.3 Å². The van der Waals surface area contributed by atoms with E-state index >= 15 is 0 Å². The average Bonchev–Trinajstić information content (AvgIpc) is 3.19. The van der Waals surface area contributed by atoms with E-state index in [1.165, 1.54) is 16.7 Å². The summed E-state index contributed by atoms with van der Waals surface area (Å²) in [7, 11) is 0. The number of aromatic nitrogens is 1. The Kier molecular flexibility index (Phi) is 4.71. The number of carbonyl (C=O) groups excluding carboxylic acids is 2. The lowest BCUT2D eigenvalue weighted by Gasteiger charge is -2.14. The van der Waals surface area contributed by atoms with Gasteiger partial charge in [-0.3, -0.25) is 14.5 Å². The maximum Gasteiger partial charge on any atom is 0.261 e. The molecule has 5 nitrogen and oxygen atoms in total. The molecule has 0 spiro atoms. The highest BCUT2D eigenvalue weighted by atomic mass is 35.5. The molecule has 144 valence electrons. The number of oxazole rings is 1. The Hall–Kier alpha value is -2.31. The van der Waals surface area contributed by atoms with Gasteiger partial charge in [0, 0.05) is 17.7 Å². The molecule has 0 fully saturated rings. The second-order valence-corrected chi connectivity index (χ2v) is 9.16. The first kappa shape index (κ1) is 19.0. The van der Waals surface area contributed by atoms with E-state index < -0.39 is 0 Å². The van der Waals surface area contributed by atoms with Crippen LogP contribution in [0.2, 0.25) is 5.02 Å². The largest absolute Gasteiger partial charge is 0.439 e. The molecule has 4 rings (SSSR count). The van der Waals surface area contributed by atoms with Gasteiger partial charge in [-0.15, -0.1) is 11.8 Å². The third kappa shape index (κ3) is 3.20. The molecule has 7 heteroatoms. The van der Waals surface area contributed by atoms with Crippen LogP contribution in [0.15, 0.2) is 45.7 Å². The molecular formula is C21H19ClN2O3S. The Morgan fingerprint density at radius 3 is 2.32 bits per heavy atom. The van der Waals surface area contributed by atoms with E-state index in [4.69, 9.17) is 16.0 Å². The quantitative estimate of drug-likeness (QED) is 0.435. The maximum absolute atomic E-state index is 12.5. The highest BCUT2D eigenvalue weighted by Gasteiger charge is 2.34. The SMILES string of the molecule is CC(C)(C)c1nc2ccc(Cl)c(SCCN3C(=O)c4ccccc4C3=O)c2o1. The van der Waals surface area contributed by atoms with Gasteiger partial charge in [0.2, 0.25) is 5.89 Å². The lowest BCUT2D eigenvalue weighted by molar-refractivity contribution is 0.0664. The van der Waals surface area contributed by atoms with Crippen molar-refractivity contribution in [1.29, 1.82) is 0 Å². The van der Waals surface area contributed by atoms with Crippen molar-refractivity contribution in [3.63, 3.8) is 0 Å². The minimum absolute atomic E-state index is 0.215. The summed E-state index contributed by atoms with van der Waals surface area (Å²) in [5, 5.41) is 0.566. The summed E-state index contributed by atoms with van der Waals surface area (Å²) in [6.45, 7) is 6.40. The van der Waals surface area contributed by atoms with E-state index in [0.29, 0.717) is 39.9 Å². The fourth-order valence-electron chi connectivity index (χ4n) is 3.08. The fourth-order valence-corrected chi connectivity index (χ4v) is 4.35. The summed E-state index contributed by atoms with van der Waals surface area (Å²) in [5.41, 5.74) is 2.10. The fraction of sp³-hybridized carbons (Fsp3) is 0.286. The third-order valence-electron chi connectivity index (χ3n) is 4.55. The second kappa shape index (κ2) is 6.94. The first-order valence-electron chi connectivity index (χ1n) is 8.95. The molecule has 0 bridgehead atoms. The van der Waals surface area contributed by atoms with Gasteiger partial charge in [0.05, 0.1) is 21.0 Å². The summed E-state index contributed by atoms with van der Waals surface area (Å²) in [4.78, 5) is 31.6. The molecule has 28 heavy (non-hydrogen) atoms. The summed E-state index contributed by atoms with van der Waals surface area (Å²) in [5.74, 6) is 0.655. The van der Waals surface area contributed by atoms with Crippen molar-refractivity contribution in [3.8, 4) is 0 Å². The van der Waals surface area contributed by atoms with Crippen LogP contribution in [0, 0.1) is 0 Å². The monoisotopic (exact) mass is 414 g/mol. The van der Waals surface area contributed by atoms with Crippen LogP contribution in [0.5, 0.6) is 0 Å². The van der Waals surface area contributed by atoms with E-state index in [9.17, 15) is 9.59 Å². The molecule has 2 aromatic carbocycles. The molecule has 3 aromatic rings. The van der Waals surface area contributed by atoms with Crippen LogP contribution < -0.4 is 0 Å². The molecule has 0 atom stereocenters. The van der Waals surface area contributed by atoms with Gasteiger partial charge in [0.15, 0.2) is 5.58 Å². The maximum atomic E-state index is 12.5. The zero-order valence-corrected chi connectivity index (χ0v) is 17.4. The standard InChI is InChI=1S/C21H19ClN2O3S/c1-21(2,3)20-23-15-9-8-14(22)17(16(15)27-20)28-11-10-24-18(25)12-6-4-5-7-13(12)19(24)26/h4-9H,10-11H2,1-3H3. The van der Waals surface area contributed by atoms with Crippen molar-refractivity contribution in [1.82, 2.24) is 9.88 Å². The lowest BCUT2D eigenvalue weighted by Crippen LogP contribution is -2.31. The van der Waals surface area contributed by atoms with Gasteiger partial charge in [-0.25, -0.2) is 4.98 Å². The predicted octanol–water partition coefficient (Wildman–Crippen LogP) is 5.17. The predicted molar refractivity (Wildman–Crippen MR) is 110 cm³/mol. The molecule has 0 radical (unpaired) electrons. The van der Waals surface area contributed by atoms with Crippen LogP contribution in [0.3, 0.4) is 0 Å². The zero-order chi connectivity index (χ0) is 20.1. The van der Waals surface area contributed by atoms with Crippen molar-refractivity contribution in [2.45, 2.75) is 31.1 Å². The van der Waals surface area contributed by atoms with Gasteiger partial charge >= 0.3 is 0 Å². The van der Waals surface area contributed by atoms with Crippen LogP contribution in [-0.2, 0) is 5.41 Å². The van der Waals surface area contributed by atoms with Crippen LogP contribution in [0.4, 0.5) is 0 Å². The average molecular weight is 415 g/mol. The van der Waals surface area contributed by atoms with Crippen molar-refractivity contribution in [2.75, 3.05) is 12.3 Å². The van der Waals surface area contributed by atoms with Gasteiger partial charge in [0.25, 0.3) is 11.8 Å². The molecular weight excluding hydrogens is 396 g/mol. The number of halogens is 1. The van der Waals surface area contributed by atoms with Gasteiger partial charge < -0.3 is 4.42 Å². The van der Waals surface area contributed by atoms with Crippen molar-refractivity contribution in [2.24, 2.45) is 0 Å². The second-order valence-electron chi connectivity index (χ2n) is 7.65. The van der Waals surface area contributed by atoms with Crippen LogP contribution in [0.1, 0.15) is 47.4 Å². The first-order valence-corrected chi connectivity index (χ1v) is 10.3. The number of hydrogen-bond donors (Lipinski definition) is 0. The normalized spacial score (nSPS) is 14.2. The Morgan fingerprint density at radius 2 is 1.71 bits per heavy atom. The third-order valence-corrected chi connectivity index (χ3v) is 6.05. The molecule has 2 heterocycles. The van der Waals surface area contributed by atoms with Crippen LogP contribution in [-0.4, -0.2) is 34.0 Å². The van der Waals surface area contributed by atoms with Gasteiger partial charge in [-0.1, -0.05) is 44.5 Å². The van der Waals surface area contributed by atoms with E-state index in [1.807, 2.05) is 26.8 Å². The first-order chi connectivity index (χ1) is 13.3. The van der Waals surface area contributed by atoms with Crippen LogP contribution in [0.25, 0.3) is 11.1 Å². The number of nitrogens with zero attached hydrogens (tertiary/aromatic N) is 2. The van der Waals surface area contributed by atoms with E-state index in [1.54, 1.807) is 30.3 Å². The molecule has 0 N–H and O–H groups in total. The highest BCUT2D eigenvalue weighted by Crippen LogP contribution is 2.37. The van der Waals surface area contributed by atoms with Gasteiger partial charge in [0.1, 0.15) is 5.52 Å². The molecule has 1 aliphatic heterocycles. The number of rotatable bonds is 4. The van der Waals surface area contributed by atoms with Crippen molar-refractivity contribution < 1.29 is 14.0 Å². The highest BCUT2D eigenvalue weighted by molar-refractivity contribution is 7.99. The topological polar surface area (TPSA) is 63.4 Å². The van der Waals surface area contributed by atoms with Gasteiger partial charge in [-0.05, 0) is 24.3 Å². The lowest BCUT2D eigenvalue weighted by atomic mass is 9.97. The Labute approximate surface area is 172 Å². The smallest absolute Gasteiger partial charge is 0.261 e. The Balaban J connectivity index is 1.54. The molecule has 1 aromatic heterocycles. The molecule has 0 aliphatic carbocycles. The molecule has 1 aliphatic rings. The van der Waals surface area contributed by atoms with E-state index in [0.717, 1.165) is 10.4 Å². The summed E-state index contributed by atoms with van der Waals surface area (Å²) in [6.07, 6.45) is 0. The number of imide groups is 1. The minimum atomic E-state index is -0.250. The summed E-state index contributed by atoms with van der Waals surface area (Å²) in [6, 6.07) is 10.5. The van der Waals surface area contributed by atoms with E-state index in [2.05, 4.69) is 4.98 Å². The molecule has 2 amide bonds. The zero-order valence-electron chi connectivity index (χ0n) is 15.8. The minimum Gasteiger partial charge on any atom is -0.439 e.